The molecule has 0 spiro atoms. The van der Waals surface area contributed by atoms with Gasteiger partial charge >= 0.3 is 0 Å². The summed E-state index contributed by atoms with van der Waals surface area (Å²) in [6.07, 6.45) is 8.41. The third kappa shape index (κ3) is 7.00. The lowest BCUT2D eigenvalue weighted by Crippen LogP contribution is -2.28. The van der Waals surface area contributed by atoms with Crippen LogP contribution in [0.15, 0.2) is 0 Å². The quantitative estimate of drug-likeness (QED) is 0.536. The molecule has 0 aromatic rings. The number of rotatable bonds is 9. The maximum atomic E-state index is 2.31. The van der Waals surface area contributed by atoms with Gasteiger partial charge in [0, 0.05) is 15.7 Å². The van der Waals surface area contributed by atoms with Gasteiger partial charge in [-0.05, 0) is 55.8 Å². The smallest absolute Gasteiger partial charge is 0.00681 e. The molecule has 0 atom stereocenters. The van der Waals surface area contributed by atoms with Gasteiger partial charge in [-0.25, -0.2) is 0 Å². The standard InChI is InChI=1S/C15H30S3/c1-4-7-16-13-10-14(17-8-5-2)12-15(11-13)18-9-6-3/h13-15H,4-12H2,1-3H3. The van der Waals surface area contributed by atoms with E-state index < -0.39 is 0 Å². The van der Waals surface area contributed by atoms with E-state index in [-0.39, 0.29) is 0 Å². The molecule has 0 radical (unpaired) electrons. The van der Waals surface area contributed by atoms with E-state index in [2.05, 4.69) is 56.1 Å². The van der Waals surface area contributed by atoms with Crippen LogP contribution in [0.5, 0.6) is 0 Å². The van der Waals surface area contributed by atoms with Gasteiger partial charge < -0.3 is 0 Å². The molecule has 0 N–H and O–H groups in total. The number of hydrogen-bond donors (Lipinski definition) is 0. The predicted molar refractivity (Wildman–Crippen MR) is 93.5 cm³/mol. The fourth-order valence-electron chi connectivity index (χ4n) is 2.43. The highest BCUT2D eigenvalue weighted by Crippen LogP contribution is 2.39. The van der Waals surface area contributed by atoms with E-state index in [0.29, 0.717) is 0 Å². The topological polar surface area (TPSA) is 0 Å². The van der Waals surface area contributed by atoms with Crippen LogP contribution in [0.4, 0.5) is 0 Å². The van der Waals surface area contributed by atoms with Gasteiger partial charge in [0.1, 0.15) is 0 Å². The highest BCUT2D eigenvalue weighted by molar-refractivity contribution is 8.01. The molecule has 1 fully saturated rings. The summed E-state index contributed by atoms with van der Waals surface area (Å²) in [5.41, 5.74) is 0. The Morgan fingerprint density at radius 3 is 1.11 bits per heavy atom. The van der Waals surface area contributed by atoms with Crippen LogP contribution < -0.4 is 0 Å². The lowest BCUT2D eigenvalue weighted by molar-refractivity contribution is 0.540. The Labute approximate surface area is 127 Å². The summed E-state index contributed by atoms with van der Waals surface area (Å²) in [5, 5.41) is 2.84. The molecule has 1 aliphatic carbocycles. The third-order valence-electron chi connectivity index (χ3n) is 3.25. The first-order chi connectivity index (χ1) is 8.80. The van der Waals surface area contributed by atoms with Crippen LogP contribution >= 0.6 is 35.3 Å². The van der Waals surface area contributed by atoms with Gasteiger partial charge in [-0.2, -0.15) is 35.3 Å². The van der Waals surface area contributed by atoms with Crippen LogP contribution in [0.2, 0.25) is 0 Å². The molecule has 0 bridgehead atoms. The summed E-state index contributed by atoms with van der Waals surface area (Å²) >= 11 is 6.74. The van der Waals surface area contributed by atoms with Crippen LogP contribution in [-0.2, 0) is 0 Å². The Morgan fingerprint density at radius 2 is 0.889 bits per heavy atom. The van der Waals surface area contributed by atoms with Crippen molar-refractivity contribution in [2.24, 2.45) is 0 Å². The second-order valence-corrected chi connectivity index (χ2v) is 9.41. The highest BCUT2D eigenvalue weighted by Gasteiger charge is 2.29. The van der Waals surface area contributed by atoms with E-state index in [0.717, 1.165) is 15.7 Å². The molecule has 1 rings (SSSR count). The van der Waals surface area contributed by atoms with Gasteiger partial charge in [0.25, 0.3) is 0 Å². The van der Waals surface area contributed by atoms with Crippen LogP contribution in [0, 0.1) is 0 Å². The molecule has 0 aromatic carbocycles. The van der Waals surface area contributed by atoms with Crippen molar-refractivity contribution in [3.8, 4) is 0 Å². The van der Waals surface area contributed by atoms with E-state index >= 15 is 0 Å². The van der Waals surface area contributed by atoms with Crippen molar-refractivity contribution in [2.45, 2.75) is 75.0 Å². The number of hydrogen-bond acceptors (Lipinski definition) is 3. The van der Waals surface area contributed by atoms with Crippen LogP contribution in [0.25, 0.3) is 0 Å². The highest BCUT2D eigenvalue weighted by atomic mass is 32.2. The zero-order valence-corrected chi connectivity index (χ0v) is 14.8. The van der Waals surface area contributed by atoms with E-state index in [1.807, 2.05) is 0 Å². The molecule has 0 saturated heterocycles. The van der Waals surface area contributed by atoms with Crippen molar-refractivity contribution >= 4 is 35.3 Å². The molecule has 0 nitrogen and oxygen atoms in total. The minimum Gasteiger partial charge on any atom is -0.159 e. The molecular formula is C15H30S3. The average Bonchev–Trinajstić information content (AvgIpc) is 2.40. The Balaban J connectivity index is 2.38. The van der Waals surface area contributed by atoms with Gasteiger partial charge in [-0.15, -0.1) is 0 Å². The van der Waals surface area contributed by atoms with E-state index in [9.17, 15) is 0 Å². The average molecular weight is 307 g/mol. The van der Waals surface area contributed by atoms with Crippen LogP contribution in [0.3, 0.4) is 0 Å². The molecule has 0 amide bonds. The maximum Gasteiger partial charge on any atom is 0.00681 e. The van der Waals surface area contributed by atoms with Crippen molar-refractivity contribution < 1.29 is 0 Å². The molecule has 0 aliphatic heterocycles. The van der Waals surface area contributed by atoms with Gasteiger partial charge in [0.05, 0.1) is 0 Å². The molecule has 0 aromatic heterocycles. The Bertz CT molecular complexity index is 157. The monoisotopic (exact) mass is 306 g/mol. The Kier molecular flexibility index (Phi) is 10.3. The lowest BCUT2D eigenvalue weighted by atomic mass is 9.99. The van der Waals surface area contributed by atoms with Crippen molar-refractivity contribution in [3.63, 3.8) is 0 Å². The first kappa shape index (κ1) is 17.1. The summed E-state index contributed by atoms with van der Waals surface area (Å²) in [6.45, 7) is 6.92. The Morgan fingerprint density at radius 1 is 0.611 bits per heavy atom. The third-order valence-corrected chi connectivity index (χ3v) is 7.75. The molecule has 0 unspecified atom stereocenters. The first-order valence-corrected chi connectivity index (χ1v) is 10.8. The summed E-state index contributed by atoms with van der Waals surface area (Å²) in [4.78, 5) is 0. The fourth-order valence-corrected chi connectivity index (χ4v) is 6.71. The molecule has 3 heteroatoms. The molecular weight excluding hydrogens is 276 g/mol. The van der Waals surface area contributed by atoms with Gasteiger partial charge in [-0.1, -0.05) is 20.8 Å². The molecule has 18 heavy (non-hydrogen) atoms. The second kappa shape index (κ2) is 10.8. The SMILES string of the molecule is CCCSC1CC(SCCC)CC(SCCC)C1. The minimum absolute atomic E-state index is 0.947. The lowest BCUT2D eigenvalue weighted by Gasteiger charge is -2.34. The molecule has 1 aliphatic rings. The van der Waals surface area contributed by atoms with Gasteiger partial charge in [0.15, 0.2) is 0 Å². The maximum absolute atomic E-state index is 2.31. The largest absolute Gasteiger partial charge is 0.159 e. The van der Waals surface area contributed by atoms with Crippen LogP contribution in [0.1, 0.15) is 59.3 Å². The zero-order valence-electron chi connectivity index (χ0n) is 12.3. The molecule has 108 valence electrons. The normalized spacial score (nSPS) is 28.5. The zero-order chi connectivity index (χ0) is 13.2. The van der Waals surface area contributed by atoms with Gasteiger partial charge in [-0.3, -0.25) is 0 Å². The van der Waals surface area contributed by atoms with Crippen molar-refractivity contribution in [3.05, 3.63) is 0 Å². The Hall–Kier alpha value is 1.05. The fraction of sp³-hybridized carbons (Fsp3) is 1.00. The van der Waals surface area contributed by atoms with Gasteiger partial charge in [0.2, 0.25) is 0 Å². The summed E-state index contributed by atoms with van der Waals surface area (Å²) in [7, 11) is 0. The second-order valence-electron chi connectivity index (χ2n) is 5.19. The van der Waals surface area contributed by atoms with Crippen molar-refractivity contribution in [1.29, 1.82) is 0 Å². The summed E-state index contributed by atoms with van der Waals surface area (Å²) in [5.74, 6) is 4.09. The van der Waals surface area contributed by atoms with Crippen LogP contribution in [-0.4, -0.2) is 33.0 Å². The van der Waals surface area contributed by atoms with Crippen molar-refractivity contribution in [2.75, 3.05) is 17.3 Å². The summed E-state index contributed by atoms with van der Waals surface area (Å²) < 4.78 is 0. The molecule has 0 heterocycles. The number of thioether (sulfide) groups is 3. The first-order valence-electron chi connectivity index (χ1n) is 7.64. The molecule has 1 saturated carbocycles. The minimum atomic E-state index is 0.947. The van der Waals surface area contributed by atoms with E-state index in [1.165, 1.54) is 55.8 Å². The predicted octanol–water partition coefficient (Wildman–Crippen LogP) is 5.71. The van der Waals surface area contributed by atoms with E-state index in [1.54, 1.807) is 0 Å². The summed E-state index contributed by atoms with van der Waals surface area (Å²) in [6, 6.07) is 0. The van der Waals surface area contributed by atoms with Crippen molar-refractivity contribution in [1.82, 2.24) is 0 Å². The van der Waals surface area contributed by atoms with E-state index in [4.69, 9.17) is 0 Å².